The summed E-state index contributed by atoms with van der Waals surface area (Å²) in [5, 5.41) is 13.2. The number of nitrogens with zero attached hydrogens (tertiary/aromatic N) is 7. The maximum atomic E-state index is 13.3. The number of nitrogens with two attached hydrogens (primary N) is 1. The number of rotatable bonds is 8. The van der Waals surface area contributed by atoms with Crippen LogP contribution >= 0.6 is 0 Å². The highest BCUT2D eigenvalue weighted by molar-refractivity contribution is 5.87. The highest BCUT2D eigenvalue weighted by atomic mass is 16.3. The number of primary amides is 1. The van der Waals surface area contributed by atoms with E-state index in [0.717, 1.165) is 18.4 Å². The van der Waals surface area contributed by atoms with Crippen LogP contribution in [0.5, 0.6) is 0 Å². The summed E-state index contributed by atoms with van der Waals surface area (Å²) in [7, 11) is 0. The molecule has 1 aliphatic carbocycles. The van der Waals surface area contributed by atoms with Crippen LogP contribution in [-0.2, 0) is 16.1 Å². The van der Waals surface area contributed by atoms with Crippen LogP contribution in [-0.4, -0.2) is 82.7 Å². The Kier molecular flexibility index (Phi) is 5.93. The Hall–Kier alpha value is -3.51. The molecule has 3 atom stereocenters. The van der Waals surface area contributed by atoms with E-state index in [9.17, 15) is 14.7 Å². The lowest BCUT2D eigenvalue weighted by atomic mass is 10.1. The fourth-order valence-electron chi connectivity index (χ4n) is 5.27. The van der Waals surface area contributed by atoms with E-state index in [1.54, 1.807) is 12.4 Å². The first-order chi connectivity index (χ1) is 16.9. The highest BCUT2D eigenvalue weighted by Crippen LogP contribution is 2.39. The predicted octanol–water partition coefficient (Wildman–Crippen LogP) is 0.395. The summed E-state index contributed by atoms with van der Waals surface area (Å²) in [6, 6.07) is -0.948. The third-order valence-electron chi connectivity index (χ3n) is 7.07. The number of aliphatic hydroxyl groups excluding tert-OH is 1. The summed E-state index contributed by atoms with van der Waals surface area (Å²) in [5.74, 6) is 1.28. The van der Waals surface area contributed by atoms with E-state index >= 15 is 0 Å². The molecule has 2 amide bonds. The molecule has 4 N–H and O–H groups in total. The van der Waals surface area contributed by atoms with E-state index in [2.05, 4.69) is 25.3 Å². The lowest BCUT2D eigenvalue weighted by Gasteiger charge is -2.35. The molecule has 3 aromatic rings. The van der Waals surface area contributed by atoms with Crippen LogP contribution in [0.3, 0.4) is 0 Å². The molecule has 0 spiro atoms. The number of quaternary nitrogens is 1. The van der Waals surface area contributed by atoms with Crippen molar-refractivity contribution in [3.63, 3.8) is 0 Å². The minimum absolute atomic E-state index is 0.00287. The quantitative estimate of drug-likeness (QED) is 0.387. The minimum Gasteiger partial charge on any atom is -0.390 e. The van der Waals surface area contributed by atoms with E-state index in [-0.39, 0.29) is 35.5 Å². The van der Waals surface area contributed by atoms with Gasteiger partial charge < -0.3 is 20.7 Å². The number of aryl methyl sites for hydroxylation is 2. The van der Waals surface area contributed by atoms with E-state index in [1.165, 1.54) is 6.33 Å². The standard InChI is InChI=1S/C23H29N9O3/c1-3-31-21(15-9-25-13(2)26-10-15)30-18-20(27-12-28-22(18)31)29-16-8-17(19(24)34)32(11-16,6-7-33)23(35)14-4-5-14/h9-10,12,14,16-17,33H,3-8,11H2,1-2H3,(H2-,24,27,28,29,34)/p+1/t16?,17-,32?/m1/s1. The number of anilines is 1. The van der Waals surface area contributed by atoms with Crippen molar-refractivity contribution in [2.45, 2.75) is 51.7 Å². The molecule has 1 saturated carbocycles. The van der Waals surface area contributed by atoms with Gasteiger partial charge in [-0.15, -0.1) is 0 Å². The first-order valence-corrected chi connectivity index (χ1v) is 12.0. The molecule has 1 saturated heterocycles. The summed E-state index contributed by atoms with van der Waals surface area (Å²) in [6.07, 6.45) is 6.94. The smallest absolute Gasteiger partial charge is 0.317 e. The maximum Gasteiger partial charge on any atom is 0.317 e. The molecule has 0 bridgehead atoms. The molecule has 2 unspecified atom stereocenters. The molecule has 12 nitrogen and oxygen atoms in total. The summed E-state index contributed by atoms with van der Waals surface area (Å²) >= 11 is 0. The fourth-order valence-corrected chi connectivity index (χ4v) is 5.27. The average Bonchev–Trinajstić information content (AvgIpc) is 3.52. The summed E-state index contributed by atoms with van der Waals surface area (Å²) in [6.45, 7) is 4.79. The van der Waals surface area contributed by atoms with E-state index in [0.29, 0.717) is 48.1 Å². The third kappa shape index (κ3) is 4.02. The summed E-state index contributed by atoms with van der Waals surface area (Å²) in [4.78, 5) is 48.0. The molecule has 2 fully saturated rings. The number of imidazole rings is 1. The Balaban J connectivity index is 1.50. The molecule has 35 heavy (non-hydrogen) atoms. The number of fused-ring (bicyclic) bond motifs is 1. The molecule has 3 aromatic heterocycles. The Morgan fingerprint density at radius 3 is 2.60 bits per heavy atom. The van der Waals surface area contributed by atoms with Gasteiger partial charge in [-0.25, -0.2) is 34.2 Å². The lowest BCUT2D eigenvalue weighted by molar-refractivity contribution is -0.859. The second-order valence-corrected chi connectivity index (χ2v) is 9.36. The Morgan fingerprint density at radius 1 is 1.23 bits per heavy atom. The first-order valence-electron chi connectivity index (χ1n) is 12.0. The normalized spacial score (nSPS) is 24.1. The number of aromatic nitrogens is 6. The van der Waals surface area contributed by atoms with Crippen molar-refractivity contribution in [1.29, 1.82) is 0 Å². The van der Waals surface area contributed by atoms with Crippen LogP contribution in [0, 0.1) is 12.8 Å². The SMILES string of the molecule is CCn1c(-c2cnc(C)nc2)nc2c(NC3C[C@H](C(N)=O)[N+](CCO)(C(=O)C4CC4)C3)ncnc21. The number of carbonyl (C=O) groups excluding carboxylic acids is 2. The number of nitrogens with one attached hydrogen (secondary N) is 1. The van der Waals surface area contributed by atoms with Gasteiger partial charge in [0.05, 0.1) is 24.1 Å². The van der Waals surface area contributed by atoms with Crippen LogP contribution in [0.2, 0.25) is 0 Å². The molecule has 5 rings (SSSR count). The van der Waals surface area contributed by atoms with Gasteiger partial charge in [0.1, 0.15) is 31.1 Å². The molecular formula is C23H30N9O3+. The number of likely N-dealkylation sites (tertiary alicyclic amines) is 1. The molecule has 2 aliphatic rings. The van der Waals surface area contributed by atoms with Crippen molar-refractivity contribution >= 4 is 28.8 Å². The second kappa shape index (κ2) is 8.93. The number of amides is 2. The van der Waals surface area contributed by atoms with Gasteiger partial charge in [0.2, 0.25) is 0 Å². The molecule has 12 heteroatoms. The van der Waals surface area contributed by atoms with Gasteiger partial charge in [-0.05, 0) is 26.7 Å². The van der Waals surface area contributed by atoms with Crippen LogP contribution < -0.4 is 11.1 Å². The Morgan fingerprint density at radius 2 is 1.97 bits per heavy atom. The van der Waals surface area contributed by atoms with Crippen molar-refractivity contribution in [1.82, 2.24) is 29.5 Å². The topological polar surface area (TPSA) is 162 Å². The zero-order valence-electron chi connectivity index (χ0n) is 19.9. The molecule has 0 aromatic carbocycles. The molecule has 184 valence electrons. The van der Waals surface area contributed by atoms with Gasteiger partial charge in [-0.3, -0.25) is 4.79 Å². The van der Waals surface area contributed by atoms with Crippen molar-refractivity contribution in [2.75, 3.05) is 25.0 Å². The number of carbonyl (C=O) groups is 2. The third-order valence-corrected chi connectivity index (χ3v) is 7.07. The van der Waals surface area contributed by atoms with E-state index in [4.69, 9.17) is 10.7 Å². The molecular weight excluding hydrogens is 450 g/mol. The molecule has 1 aliphatic heterocycles. The van der Waals surface area contributed by atoms with Gasteiger partial charge in [0.15, 0.2) is 23.0 Å². The highest BCUT2D eigenvalue weighted by Gasteiger charge is 2.58. The minimum atomic E-state index is -0.696. The lowest BCUT2D eigenvalue weighted by Crippen LogP contribution is -2.62. The average molecular weight is 481 g/mol. The van der Waals surface area contributed by atoms with Crippen LogP contribution in [0.4, 0.5) is 5.82 Å². The number of hydrogen-bond donors (Lipinski definition) is 3. The van der Waals surface area contributed by atoms with Crippen molar-refractivity contribution < 1.29 is 19.2 Å². The Bertz CT molecular complexity index is 1270. The molecule has 0 radical (unpaired) electrons. The van der Waals surface area contributed by atoms with Gasteiger partial charge in [-0.2, -0.15) is 0 Å². The van der Waals surface area contributed by atoms with E-state index < -0.39 is 11.9 Å². The second-order valence-electron chi connectivity index (χ2n) is 9.36. The monoisotopic (exact) mass is 480 g/mol. The van der Waals surface area contributed by atoms with Gasteiger partial charge in [0.25, 0.3) is 5.91 Å². The number of hydrogen-bond acceptors (Lipinski definition) is 9. The van der Waals surface area contributed by atoms with Crippen LogP contribution in [0.15, 0.2) is 18.7 Å². The predicted molar refractivity (Wildman–Crippen MR) is 127 cm³/mol. The van der Waals surface area contributed by atoms with Crippen molar-refractivity contribution in [3.05, 3.63) is 24.5 Å². The summed E-state index contributed by atoms with van der Waals surface area (Å²) in [5.41, 5.74) is 7.77. The number of aliphatic hydroxyl groups is 1. The molecule has 4 heterocycles. The summed E-state index contributed by atoms with van der Waals surface area (Å²) < 4.78 is 1.86. The van der Waals surface area contributed by atoms with Gasteiger partial charge in [0, 0.05) is 25.4 Å². The maximum absolute atomic E-state index is 13.3. The zero-order valence-corrected chi connectivity index (χ0v) is 19.9. The van der Waals surface area contributed by atoms with E-state index in [1.807, 2.05) is 18.4 Å². The van der Waals surface area contributed by atoms with Crippen molar-refractivity contribution in [2.24, 2.45) is 11.7 Å². The fraction of sp³-hybridized carbons (Fsp3) is 0.522. The van der Waals surface area contributed by atoms with Crippen molar-refractivity contribution in [3.8, 4) is 11.4 Å². The van der Waals surface area contributed by atoms with Crippen LogP contribution in [0.25, 0.3) is 22.6 Å². The van der Waals surface area contributed by atoms with Gasteiger partial charge in [-0.1, -0.05) is 0 Å². The first kappa shape index (κ1) is 23.2. The largest absolute Gasteiger partial charge is 0.390 e. The van der Waals surface area contributed by atoms with Crippen LogP contribution in [0.1, 0.15) is 32.0 Å². The Labute approximate surface area is 202 Å². The van der Waals surface area contributed by atoms with Gasteiger partial charge >= 0.3 is 5.91 Å². The zero-order chi connectivity index (χ0) is 24.7.